The molecule has 0 aliphatic rings. The van der Waals surface area contributed by atoms with Crippen LogP contribution in [0, 0.1) is 13.8 Å². The molecule has 29 heavy (non-hydrogen) atoms. The lowest BCUT2D eigenvalue weighted by Gasteiger charge is -2.15. The number of hydrogen-bond acceptors (Lipinski definition) is 7. The molecule has 2 aromatic carbocycles. The number of hydrogen-bond donors (Lipinski definition) is 0. The third-order valence-corrected chi connectivity index (χ3v) is 6.35. The van der Waals surface area contributed by atoms with E-state index in [2.05, 4.69) is 35.3 Å². The Kier molecular flexibility index (Phi) is 7.28. The molecule has 0 saturated heterocycles. The average Bonchev–Trinajstić information content (AvgIpc) is 3.12. The van der Waals surface area contributed by atoms with Crippen LogP contribution in [0.1, 0.15) is 28.6 Å². The lowest BCUT2D eigenvalue weighted by Crippen LogP contribution is -2.07. The second-order valence-corrected chi connectivity index (χ2v) is 8.96. The largest absolute Gasteiger partial charge is 0.496 e. The van der Waals surface area contributed by atoms with Crippen LogP contribution in [0.5, 0.6) is 5.75 Å². The number of carbonyl (C=O) groups excluding carboxylic acids is 1. The van der Waals surface area contributed by atoms with Crippen LogP contribution in [0.2, 0.25) is 0 Å². The maximum absolute atomic E-state index is 11.9. The van der Waals surface area contributed by atoms with Gasteiger partial charge in [0.25, 0.3) is 0 Å². The lowest BCUT2D eigenvalue weighted by molar-refractivity contribution is -0.142. The third-order valence-electron chi connectivity index (χ3n) is 4.33. The van der Waals surface area contributed by atoms with Gasteiger partial charge in [-0.3, -0.25) is 4.79 Å². The summed E-state index contributed by atoms with van der Waals surface area (Å²) in [6.07, 6.45) is 0.241. The summed E-state index contributed by atoms with van der Waals surface area (Å²) in [5.74, 6) is 1.33. The van der Waals surface area contributed by atoms with E-state index < -0.39 is 0 Å². The molecule has 7 heteroatoms. The van der Waals surface area contributed by atoms with Gasteiger partial charge < -0.3 is 9.47 Å². The van der Waals surface area contributed by atoms with Crippen molar-refractivity contribution in [2.24, 2.45) is 0 Å². The molecule has 0 amide bonds. The first-order valence-electron chi connectivity index (χ1n) is 9.35. The second-order valence-electron chi connectivity index (χ2n) is 6.55. The van der Waals surface area contributed by atoms with E-state index in [9.17, 15) is 4.79 Å². The van der Waals surface area contributed by atoms with E-state index in [1.54, 1.807) is 30.2 Å². The van der Waals surface area contributed by atoms with Crippen LogP contribution in [0.3, 0.4) is 0 Å². The molecule has 3 rings (SSSR count). The van der Waals surface area contributed by atoms with Gasteiger partial charge in [-0.05, 0) is 49.6 Å². The second kappa shape index (κ2) is 9.89. The summed E-state index contributed by atoms with van der Waals surface area (Å²) >= 11 is 3.28. The number of rotatable bonds is 8. The smallest absolute Gasteiger partial charge is 0.310 e. The molecule has 0 spiro atoms. The fraction of sp³-hybridized carbons (Fsp3) is 0.318. The van der Waals surface area contributed by atoms with E-state index >= 15 is 0 Å². The summed E-state index contributed by atoms with van der Waals surface area (Å²) in [6.45, 7) is 6.24. The van der Waals surface area contributed by atoms with Gasteiger partial charge in [-0.25, -0.2) is 0 Å². The van der Waals surface area contributed by atoms with Crippen molar-refractivity contribution in [2.75, 3.05) is 13.7 Å². The van der Waals surface area contributed by atoms with Crippen molar-refractivity contribution >= 4 is 29.1 Å². The molecule has 0 saturated carbocycles. The van der Waals surface area contributed by atoms with Gasteiger partial charge in [0.1, 0.15) is 10.8 Å². The lowest BCUT2D eigenvalue weighted by atomic mass is 9.95. The summed E-state index contributed by atoms with van der Waals surface area (Å²) in [4.78, 5) is 11.9. The summed E-state index contributed by atoms with van der Waals surface area (Å²) < 4.78 is 11.7. The zero-order chi connectivity index (χ0) is 20.8. The Balaban J connectivity index is 1.94. The summed E-state index contributed by atoms with van der Waals surface area (Å²) in [6, 6.07) is 12.2. The molecule has 0 bridgehead atoms. The molecule has 152 valence electrons. The highest BCUT2D eigenvalue weighted by Gasteiger charge is 2.14. The van der Waals surface area contributed by atoms with Gasteiger partial charge in [-0.2, -0.15) is 0 Å². The number of ether oxygens (including phenoxy) is 2. The minimum atomic E-state index is -0.227. The summed E-state index contributed by atoms with van der Waals surface area (Å²) in [5.41, 5.74) is 5.34. The van der Waals surface area contributed by atoms with E-state index in [4.69, 9.17) is 9.47 Å². The number of aromatic nitrogens is 2. The number of methoxy groups -OCH3 is 1. The highest BCUT2D eigenvalue weighted by molar-refractivity contribution is 8.00. The van der Waals surface area contributed by atoms with E-state index in [0.29, 0.717) is 6.61 Å². The maximum atomic E-state index is 11.9. The van der Waals surface area contributed by atoms with Crippen LogP contribution in [0.4, 0.5) is 0 Å². The minimum absolute atomic E-state index is 0.227. The van der Waals surface area contributed by atoms with Gasteiger partial charge in [0.15, 0.2) is 4.34 Å². The van der Waals surface area contributed by atoms with Gasteiger partial charge in [-0.15, -0.1) is 10.2 Å². The molecule has 5 nitrogen and oxygen atoms in total. The van der Waals surface area contributed by atoms with Crippen molar-refractivity contribution in [3.63, 3.8) is 0 Å². The Labute approximate surface area is 179 Å². The number of nitrogens with zero attached hydrogens (tertiary/aromatic N) is 2. The van der Waals surface area contributed by atoms with Crippen LogP contribution >= 0.6 is 23.1 Å². The fourth-order valence-corrected chi connectivity index (χ4v) is 4.84. The van der Waals surface area contributed by atoms with Crippen molar-refractivity contribution in [1.82, 2.24) is 10.2 Å². The predicted octanol–water partition coefficient (Wildman–Crippen LogP) is 5.23. The van der Waals surface area contributed by atoms with Crippen LogP contribution < -0.4 is 4.74 Å². The molecule has 1 heterocycles. The van der Waals surface area contributed by atoms with Gasteiger partial charge >= 0.3 is 5.97 Å². The van der Waals surface area contributed by atoms with Gasteiger partial charge in [0, 0.05) is 11.3 Å². The van der Waals surface area contributed by atoms with E-state index in [-0.39, 0.29) is 12.4 Å². The Morgan fingerprint density at radius 2 is 1.93 bits per heavy atom. The van der Waals surface area contributed by atoms with Gasteiger partial charge in [-0.1, -0.05) is 52.9 Å². The first-order valence-corrected chi connectivity index (χ1v) is 11.2. The van der Waals surface area contributed by atoms with Crippen LogP contribution in [0.15, 0.2) is 40.7 Å². The molecular weight excluding hydrogens is 404 g/mol. The quantitative estimate of drug-likeness (QED) is 0.362. The van der Waals surface area contributed by atoms with E-state index in [1.807, 2.05) is 32.0 Å². The predicted molar refractivity (Wildman–Crippen MR) is 118 cm³/mol. The third kappa shape index (κ3) is 5.58. The number of aryl methyl sites for hydroxylation is 2. The molecule has 0 atom stereocenters. The molecule has 0 fully saturated rings. The Morgan fingerprint density at radius 3 is 2.62 bits per heavy atom. The van der Waals surface area contributed by atoms with E-state index in [1.165, 1.54) is 11.1 Å². The van der Waals surface area contributed by atoms with Crippen LogP contribution in [-0.2, 0) is 21.7 Å². The van der Waals surface area contributed by atoms with Crippen molar-refractivity contribution in [3.8, 4) is 16.9 Å². The van der Waals surface area contributed by atoms with Gasteiger partial charge in [0.2, 0.25) is 0 Å². The summed E-state index contributed by atoms with van der Waals surface area (Å²) in [5, 5.41) is 9.26. The van der Waals surface area contributed by atoms with Crippen molar-refractivity contribution in [3.05, 3.63) is 58.1 Å². The first-order chi connectivity index (χ1) is 14.0. The normalized spacial score (nSPS) is 10.8. The standard InChI is InChI=1S/C22H24N2O3S2/c1-5-27-21(25)12-16-7-9-20(26-4)19(11-16)18-8-6-14(2)10-17(18)13-28-22-24-23-15(3)29-22/h6-11H,5,12-13H2,1-4H3. The molecule has 0 N–H and O–H groups in total. The van der Waals surface area contributed by atoms with Crippen LogP contribution in [-0.4, -0.2) is 29.9 Å². The van der Waals surface area contributed by atoms with E-state index in [0.717, 1.165) is 37.5 Å². The topological polar surface area (TPSA) is 61.3 Å². The molecular formula is C22H24N2O3S2. The number of benzene rings is 2. The minimum Gasteiger partial charge on any atom is -0.496 e. The highest BCUT2D eigenvalue weighted by Crippen LogP contribution is 2.37. The maximum Gasteiger partial charge on any atom is 0.310 e. The van der Waals surface area contributed by atoms with Crippen molar-refractivity contribution in [2.45, 2.75) is 37.3 Å². The monoisotopic (exact) mass is 428 g/mol. The SMILES string of the molecule is CCOC(=O)Cc1ccc(OC)c(-c2ccc(C)cc2CSc2nnc(C)s2)c1. The molecule has 0 aliphatic heterocycles. The molecule has 0 aliphatic carbocycles. The zero-order valence-corrected chi connectivity index (χ0v) is 18.7. The molecule has 3 aromatic rings. The molecule has 0 unspecified atom stereocenters. The Morgan fingerprint density at radius 1 is 1.10 bits per heavy atom. The van der Waals surface area contributed by atoms with Crippen molar-refractivity contribution in [1.29, 1.82) is 0 Å². The first kappa shape index (κ1) is 21.3. The fourth-order valence-electron chi connectivity index (χ4n) is 3.04. The molecule has 0 radical (unpaired) electrons. The van der Waals surface area contributed by atoms with Crippen molar-refractivity contribution < 1.29 is 14.3 Å². The summed E-state index contributed by atoms with van der Waals surface area (Å²) in [7, 11) is 1.66. The number of thioether (sulfide) groups is 1. The average molecular weight is 429 g/mol. The Bertz CT molecular complexity index is 1000. The van der Waals surface area contributed by atoms with Gasteiger partial charge in [0.05, 0.1) is 20.1 Å². The zero-order valence-electron chi connectivity index (χ0n) is 17.0. The Hall–Kier alpha value is -2.38. The number of carbonyl (C=O) groups is 1. The molecule has 1 aromatic heterocycles. The number of esters is 1. The highest BCUT2D eigenvalue weighted by atomic mass is 32.2. The van der Waals surface area contributed by atoms with Crippen LogP contribution in [0.25, 0.3) is 11.1 Å².